The molecule has 0 unspecified atom stereocenters. The smallest absolute Gasteiger partial charge is 0.122 e. The van der Waals surface area contributed by atoms with E-state index >= 15 is 0 Å². The van der Waals surface area contributed by atoms with Crippen LogP contribution >= 0.6 is 0 Å². The summed E-state index contributed by atoms with van der Waals surface area (Å²) in [5.41, 5.74) is 6.60. The van der Waals surface area contributed by atoms with E-state index in [9.17, 15) is 15.3 Å². The van der Waals surface area contributed by atoms with Crippen molar-refractivity contribution in [2.45, 2.75) is 33.6 Å². The van der Waals surface area contributed by atoms with Crippen LogP contribution < -0.4 is 0 Å². The SMILES string of the molecule is Cc1cc(Cc2ccc(O)c(C)c2)c(O)c(Cc2ccc(O)c(C)c2)c1. The molecule has 0 aliphatic rings. The number of rotatable bonds is 4. The monoisotopic (exact) mass is 348 g/mol. The molecule has 134 valence electrons. The molecule has 0 atom stereocenters. The van der Waals surface area contributed by atoms with Gasteiger partial charge < -0.3 is 15.3 Å². The van der Waals surface area contributed by atoms with Gasteiger partial charge in [-0.2, -0.15) is 0 Å². The molecule has 3 N–H and O–H groups in total. The molecule has 0 aliphatic carbocycles. The van der Waals surface area contributed by atoms with Gasteiger partial charge in [-0.1, -0.05) is 42.0 Å². The van der Waals surface area contributed by atoms with E-state index in [1.54, 1.807) is 12.1 Å². The molecule has 0 aliphatic heterocycles. The second-order valence-corrected chi connectivity index (χ2v) is 7.03. The van der Waals surface area contributed by atoms with Crippen LogP contribution in [0.5, 0.6) is 17.2 Å². The zero-order valence-electron chi connectivity index (χ0n) is 15.4. The van der Waals surface area contributed by atoms with Crippen molar-refractivity contribution in [2.75, 3.05) is 0 Å². The Morgan fingerprint density at radius 3 is 1.42 bits per heavy atom. The van der Waals surface area contributed by atoms with Gasteiger partial charge in [-0.3, -0.25) is 0 Å². The van der Waals surface area contributed by atoms with Crippen molar-refractivity contribution in [1.82, 2.24) is 0 Å². The highest BCUT2D eigenvalue weighted by atomic mass is 16.3. The number of aryl methyl sites for hydroxylation is 3. The normalized spacial score (nSPS) is 10.9. The Morgan fingerprint density at radius 2 is 1.04 bits per heavy atom. The van der Waals surface area contributed by atoms with E-state index in [1.807, 2.05) is 57.2 Å². The number of hydrogen-bond acceptors (Lipinski definition) is 3. The van der Waals surface area contributed by atoms with E-state index in [2.05, 4.69) is 0 Å². The van der Waals surface area contributed by atoms with Crippen molar-refractivity contribution in [1.29, 1.82) is 0 Å². The van der Waals surface area contributed by atoms with Crippen LogP contribution in [0.1, 0.15) is 38.9 Å². The first-order chi connectivity index (χ1) is 12.3. The molecule has 3 heteroatoms. The molecular weight excluding hydrogens is 324 g/mol. The first-order valence-electron chi connectivity index (χ1n) is 8.72. The van der Waals surface area contributed by atoms with E-state index in [1.165, 1.54) is 0 Å². The van der Waals surface area contributed by atoms with Crippen LogP contribution in [0.2, 0.25) is 0 Å². The van der Waals surface area contributed by atoms with Gasteiger partial charge in [0.2, 0.25) is 0 Å². The Labute approximate surface area is 154 Å². The summed E-state index contributed by atoms with van der Waals surface area (Å²) >= 11 is 0. The van der Waals surface area contributed by atoms with Gasteiger partial charge in [0.15, 0.2) is 0 Å². The van der Waals surface area contributed by atoms with Gasteiger partial charge in [0.1, 0.15) is 17.2 Å². The molecule has 3 nitrogen and oxygen atoms in total. The molecule has 26 heavy (non-hydrogen) atoms. The third kappa shape index (κ3) is 3.83. The third-order valence-electron chi connectivity index (χ3n) is 4.72. The number of aromatic hydroxyl groups is 3. The van der Waals surface area contributed by atoms with E-state index < -0.39 is 0 Å². The highest BCUT2D eigenvalue weighted by Crippen LogP contribution is 2.30. The summed E-state index contributed by atoms with van der Waals surface area (Å²) in [7, 11) is 0. The predicted octanol–water partition coefficient (Wildman–Crippen LogP) is 4.91. The van der Waals surface area contributed by atoms with Crippen LogP contribution in [-0.4, -0.2) is 15.3 Å². The van der Waals surface area contributed by atoms with E-state index in [-0.39, 0.29) is 11.5 Å². The lowest BCUT2D eigenvalue weighted by Crippen LogP contribution is -1.97. The minimum Gasteiger partial charge on any atom is -0.508 e. The summed E-state index contributed by atoms with van der Waals surface area (Å²) in [5, 5.41) is 30.2. The fraction of sp³-hybridized carbons (Fsp3) is 0.217. The van der Waals surface area contributed by atoms with Crippen molar-refractivity contribution >= 4 is 0 Å². The van der Waals surface area contributed by atoms with E-state index in [4.69, 9.17) is 0 Å². The summed E-state index contributed by atoms with van der Waals surface area (Å²) in [5.74, 6) is 0.878. The minimum atomic E-state index is 0.283. The van der Waals surface area contributed by atoms with Crippen LogP contribution in [0, 0.1) is 20.8 Å². The molecule has 0 bridgehead atoms. The van der Waals surface area contributed by atoms with Crippen molar-refractivity contribution in [3.63, 3.8) is 0 Å². The first kappa shape index (κ1) is 17.9. The summed E-state index contributed by atoms with van der Waals surface area (Å²) in [6.45, 7) is 5.76. The second kappa shape index (κ2) is 7.12. The number of phenolic OH excluding ortho intramolecular Hbond substituents is 3. The third-order valence-corrected chi connectivity index (χ3v) is 4.72. The maximum atomic E-state index is 10.8. The van der Waals surface area contributed by atoms with Crippen LogP contribution in [0.15, 0.2) is 48.5 Å². The van der Waals surface area contributed by atoms with Gasteiger partial charge in [-0.05, 0) is 66.3 Å². The molecular formula is C23H24O3. The van der Waals surface area contributed by atoms with Gasteiger partial charge in [0.25, 0.3) is 0 Å². The van der Waals surface area contributed by atoms with Crippen LogP contribution in [0.25, 0.3) is 0 Å². The lowest BCUT2D eigenvalue weighted by atomic mass is 9.94. The second-order valence-electron chi connectivity index (χ2n) is 7.03. The zero-order valence-corrected chi connectivity index (χ0v) is 15.4. The van der Waals surface area contributed by atoms with E-state index in [0.29, 0.717) is 18.6 Å². The van der Waals surface area contributed by atoms with Gasteiger partial charge in [0, 0.05) is 12.8 Å². The summed E-state index contributed by atoms with van der Waals surface area (Å²) in [6.07, 6.45) is 1.21. The minimum absolute atomic E-state index is 0.283. The lowest BCUT2D eigenvalue weighted by molar-refractivity contribution is 0.463. The highest BCUT2D eigenvalue weighted by Gasteiger charge is 2.11. The fourth-order valence-electron chi connectivity index (χ4n) is 3.30. The quantitative estimate of drug-likeness (QED) is 0.628. The van der Waals surface area contributed by atoms with Crippen LogP contribution in [0.4, 0.5) is 0 Å². The maximum absolute atomic E-state index is 10.8. The Bertz CT molecular complexity index is 883. The van der Waals surface area contributed by atoms with Gasteiger partial charge in [-0.15, -0.1) is 0 Å². The topological polar surface area (TPSA) is 60.7 Å². The van der Waals surface area contributed by atoms with Crippen molar-refractivity contribution in [3.8, 4) is 17.2 Å². The summed E-state index contributed by atoms with van der Waals surface area (Å²) < 4.78 is 0. The van der Waals surface area contributed by atoms with Gasteiger partial charge in [-0.25, -0.2) is 0 Å². The molecule has 0 radical (unpaired) electrons. The standard InChI is InChI=1S/C23H24O3/c1-14-8-19(12-17-4-6-21(24)15(2)10-17)23(26)20(9-14)13-18-5-7-22(25)16(3)11-18/h4-11,24-26H,12-13H2,1-3H3. The van der Waals surface area contributed by atoms with Crippen molar-refractivity contribution < 1.29 is 15.3 Å². The number of benzene rings is 3. The molecule has 0 spiro atoms. The molecule has 0 saturated carbocycles. The van der Waals surface area contributed by atoms with Crippen LogP contribution in [-0.2, 0) is 12.8 Å². The molecule has 0 saturated heterocycles. The molecule has 0 amide bonds. The molecule has 3 rings (SSSR count). The number of hydrogen-bond donors (Lipinski definition) is 3. The first-order valence-corrected chi connectivity index (χ1v) is 8.72. The highest BCUT2D eigenvalue weighted by molar-refractivity contribution is 5.49. The molecule has 0 fully saturated rings. The molecule has 0 heterocycles. The average molecular weight is 348 g/mol. The Morgan fingerprint density at radius 1 is 0.615 bits per heavy atom. The Kier molecular flexibility index (Phi) is 4.90. The number of phenols is 3. The molecule has 3 aromatic carbocycles. The summed E-state index contributed by atoms with van der Waals surface area (Å²) in [6, 6.07) is 15.0. The molecule has 0 aromatic heterocycles. The van der Waals surface area contributed by atoms with Gasteiger partial charge in [0.05, 0.1) is 0 Å². The van der Waals surface area contributed by atoms with Crippen molar-refractivity contribution in [3.05, 3.63) is 87.5 Å². The van der Waals surface area contributed by atoms with Gasteiger partial charge >= 0.3 is 0 Å². The maximum Gasteiger partial charge on any atom is 0.122 e. The largest absolute Gasteiger partial charge is 0.508 e. The van der Waals surface area contributed by atoms with Crippen LogP contribution in [0.3, 0.4) is 0 Å². The lowest BCUT2D eigenvalue weighted by Gasteiger charge is -2.13. The summed E-state index contributed by atoms with van der Waals surface area (Å²) in [4.78, 5) is 0. The zero-order chi connectivity index (χ0) is 18.8. The molecule has 3 aromatic rings. The Hall–Kier alpha value is -2.94. The van der Waals surface area contributed by atoms with E-state index in [0.717, 1.165) is 38.9 Å². The predicted molar refractivity (Wildman–Crippen MR) is 104 cm³/mol. The fourth-order valence-corrected chi connectivity index (χ4v) is 3.30. The van der Waals surface area contributed by atoms with Crippen molar-refractivity contribution in [2.24, 2.45) is 0 Å². The average Bonchev–Trinajstić information content (AvgIpc) is 2.58. The Balaban J connectivity index is 1.92.